The molecule has 0 saturated carbocycles. The van der Waals surface area contributed by atoms with Crippen LogP contribution < -0.4 is 15.4 Å². The number of phenols is 1. The number of benzene rings is 2. The highest BCUT2D eigenvalue weighted by Gasteiger charge is 2.22. The standard InChI is InChI=1S/C24H34N4O3/c1-3-25-24(26-12-11-19-5-4-6-21(29)17-19)27-18-23(28-13-15-31-16-14-28)20-7-9-22(30-2)10-8-20/h4-10,17,23,29H,3,11-16,18H2,1-2H3,(H2,25,26,27). The Morgan fingerprint density at radius 2 is 1.94 bits per heavy atom. The second-order valence-electron chi connectivity index (χ2n) is 7.50. The summed E-state index contributed by atoms with van der Waals surface area (Å²) in [5, 5.41) is 16.4. The second-order valence-corrected chi connectivity index (χ2v) is 7.50. The molecule has 7 heteroatoms. The summed E-state index contributed by atoms with van der Waals surface area (Å²) in [6, 6.07) is 15.8. The average Bonchev–Trinajstić information content (AvgIpc) is 2.80. The SMILES string of the molecule is CCNC(=NCC(c1ccc(OC)cc1)N1CCOCC1)NCCc1cccc(O)c1. The lowest BCUT2D eigenvalue weighted by Crippen LogP contribution is -2.42. The Labute approximate surface area is 185 Å². The fourth-order valence-electron chi connectivity index (χ4n) is 3.70. The molecule has 2 aromatic rings. The molecule has 7 nitrogen and oxygen atoms in total. The molecule has 1 saturated heterocycles. The maximum atomic E-state index is 9.64. The van der Waals surface area contributed by atoms with Gasteiger partial charge < -0.3 is 25.2 Å². The van der Waals surface area contributed by atoms with E-state index in [1.54, 1.807) is 19.2 Å². The number of phenolic OH excluding ortho intramolecular Hbond substituents is 1. The lowest BCUT2D eigenvalue weighted by atomic mass is 10.0. The zero-order valence-corrected chi connectivity index (χ0v) is 18.5. The van der Waals surface area contributed by atoms with Gasteiger partial charge in [0.2, 0.25) is 0 Å². The van der Waals surface area contributed by atoms with Gasteiger partial charge in [-0.1, -0.05) is 24.3 Å². The molecule has 1 heterocycles. The Hall–Kier alpha value is -2.77. The fraction of sp³-hybridized carbons (Fsp3) is 0.458. The van der Waals surface area contributed by atoms with E-state index in [0.717, 1.165) is 63.1 Å². The number of hydrogen-bond acceptors (Lipinski definition) is 5. The molecule has 0 aliphatic carbocycles. The van der Waals surface area contributed by atoms with Gasteiger partial charge in [-0.15, -0.1) is 0 Å². The number of guanidine groups is 1. The van der Waals surface area contributed by atoms with Crippen molar-refractivity contribution < 1.29 is 14.6 Å². The predicted octanol–water partition coefficient (Wildman–Crippen LogP) is 2.57. The first kappa shape index (κ1) is 22.9. The van der Waals surface area contributed by atoms with E-state index in [-0.39, 0.29) is 6.04 Å². The summed E-state index contributed by atoms with van der Waals surface area (Å²) < 4.78 is 10.9. The summed E-state index contributed by atoms with van der Waals surface area (Å²) in [7, 11) is 1.68. The van der Waals surface area contributed by atoms with Crippen LogP contribution in [0.3, 0.4) is 0 Å². The monoisotopic (exact) mass is 426 g/mol. The lowest BCUT2D eigenvalue weighted by molar-refractivity contribution is 0.0179. The highest BCUT2D eigenvalue weighted by atomic mass is 16.5. The van der Waals surface area contributed by atoms with Gasteiger partial charge in [0, 0.05) is 26.2 Å². The van der Waals surface area contributed by atoms with Gasteiger partial charge in [-0.05, 0) is 48.7 Å². The predicted molar refractivity (Wildman–Crippen MR) is 124 cm³/mol. The number of hydrogen-bond donors (Lipinski definition) is 3. The van der Waals surface area contributed by atoms with Crippen LogP contribution in [0.5, 0.6) is 11.5 Å². The Balaban J connectivity index is 1.67. The molecule has 1 fully saturated rings. The molecule has 1 unspecified atom stereocenters. The van der Waals surface area contributed by atoms with E-state index in [1.165, 1.54) is 5.56 Å². The van der Waals surface area contributed by atoms with Crippen LogP contribution in [-0.4, -0.2) is 69.0 Å². The van der Waals surface area contributed by atoms with Gasteiger partial charge in [0.15, 0.2) is 5.96 Å². The summed E-state index contributed by atoms with van der Waals surface area (Å²) in [6.45, 7) is 7.53. The molecule has 1 aliphatic rings. The summed E-state index contributed by atoms with van der Waals surface area (Å²) in [4.78, 5) is 7.32. The largest absolute Gasteiger partial charge is 0.508 e. The minimum Gasteiger partial charge on any atom is -0.508 e. The van der Waals surface area contributed by atoms with Gasteiger partial charge in [0.05, 0.1) is 32.9 Å². The number of aliphatic imine (C=N–C) groups is 1. The van der Waals surface area contributed by atoms with Crippen LogP contribution in [0.15, 0.2) is 53.5 Å². The van der Waals surface area contributed by atoms with Crippen LogP contribution >= 0.6 is 0 Å². The molecule has 1 atom stereocenters. The minimum atomic E-state index is 0.177. The average molecular weight is 427 g/mol. The van der Waals surface area contributed by atoms with Crippen molar-refractivity contribution in [1.29, 1.82) is 0 Å². The van der Waals surface area contributed by atoms with Gasteiger partial charge in [-0.3, -0.25) is 9.89 Å². The van der Waals surface area contributed by atoms with Crippen LogP contribution in [0, 0.1) is 0 Å². The van der Waals surface area contributed by atoms with Crippen molar-refractivity contribution in [2.75, 3.05) is 53.0 Å². The third-order valence-electron chi connectivity index (χ3n) is 5.37. The normalized spacial score (nSPS) is 16.0. The van der Waals surface area contributed by atoms with E-state index < -0.39 is 0 Å². The number of aromatic hydroxyl groups is 1. The van der Waals surface area contributed by atoms with Crippen LogP contribution in [0.25, 0.3) is 0 Å². The van der Waals surface area contributed by atoms with Crippen molar-refractivity contribution >= 4 is 5.96 Å². The number of methoxy groups -OCH3 is 1. The molecule has 31 heavy (non-hydrogen) atoms. The number of morpholine rings is 1. The Kier molecular flexibility index (Phi) is 8.99. The molecule has 2 aromatic carbocycles. The van der Waals surface area contributed by atoms with Crippen molar-refractivity contribution in [2.24, 2.45) is 4.99 Å². The molecular weight excluding hydrogens is 392 g/mol. The third-order valence-corrected chi connectivity index (χ3v) is 5.37. The van der Waals surface area contributed by atoms with Gasteiger partial charge >= 0.3 is 0 Å². The maximum Gasteiger partial charge on any atom is 0.191 e. The molecule has 3 N–H and O–H groups in total. The lowest BCUT2D eigenvalue weighted by Gasteiger charge is -2.34. The summed E-state index contributed by atoms with van der Waals surface area (Å²) in [5.41, 5.74) is 2.31. The molecule has 0 amide bonds. The maximum absolute atomic E-state index is 9.64. The van der Waals surface area contributed by atoms with Crippen molar-refractivity contribution in [2.45, 2.75) is 19.4 Å². The highest BCUT2D eigenvalue weighted by Crippen LogP contribution is 2.24. The van der Waals surface area contributed by atoms with E-state index in [4.69, 9.17) is 14.5 Å². The summed E-state index contributed by atoms with van der Waals surface area (Å²) in [5.74, 6) is 1.95. The van der Waals surface area contributed by atoms with E-state index in [9.17, 15) is 5.11 Å². The number of nitrogens with one attached hydrogen (secondary N) is 2. The first-order valence-corrected chi connectivity index (χ1v) is 11.0. The van der Waals surface area contributed by atoms with Crippen LogP contribution in [-0.2, 0) is 11.2 Å². The van der Waals surface area contributed by atoms with Gasteiger partial charge in [0.25, 0.3) is 0 Å². The molecular formula is C24H34N4O3. The topological polar surface area (TPSA) is 78.4 Å². The van der Waals surface area contributed by atoms with Crippen molar-refractivity contribution in [3.05, 3.63) is 59.7 Å². The molecule has 0 spiro atoms. The van der Waals surface area contributed by atoms with E-state index in [1.807, 2.05) is 24.3 Å². The van der Waals surface area contributed by atoms with Crippen molar-refractivity contribution in [3.8, 4) is 11.5 Å². The fourth-order valence-corrected chi connectivity index (χ4v) is 3.70. The van der Waals surface area contributed by atoms with Crippen LogP contribution in [0.2, 0.25) is 0 Å². The number of rotatable bonds is 9. The van der Waals surface area contributed by atoms with Gasteiger partial charge in [0.1, 0.15) is 11.5 Å². The quantitative estimate of drug-likeness (QED) is 0.423. The molecule has 0 aromatic heterocycles. The third kappa shape index (κ3) is 7.15. The van der Waals surface area contributed by atoms with E-state index in [2.05, 4.69) is 34.6 Å². The summed E-state index contributed by atoms with van der Waals surface area (Å²) >= 11 is 0. The van der Waals surface area contributed by atoms with Gasteiger partial charge in [-0.2, -0.15) is 0 Å². The van der Waals surface area contributed by atoms with E-state index in [0.29, 0.717) is 12.3 Å². The van der Waals surface area contributed by atoms with Crippen molar-refractivity contribution in [3.63, 3.8) is 0 Å². The molecule has 1 aliphatic heterocycles. The first-order chi connectivity index (χ1) is 15.2. The van der Waals surface area contributed by atoms with Crippen molar-refractivity contribution in [1.82, 2.24) is 15.5 Å². The van der Waals surface area contributed by atoms with E-state index >= 15 is 0 Å². The zero-order valence-electron chi connectivity index (χ0n) is 18.5. The first-order valence-electron chi connectivity index (χ1n) is 11.0. The Morgan fingerprint density at radius 1 is 1.16 bits per heavy atom. The minimum absolute atomic E-state index is 0.177. The highest BCUT2D eigenvalue weighted by molar-refractivity contribution is 5.79. The van der Waals surface area contributed by atoms with Gasteiger partial charge in [-0.25, -0.2) is 0 Å². The number of nitrogens with zero attached hydrogens (tertiary/aromatic N) is 2. The summed E-state index contributed by atoms with van der Waals surface area (Å²) in [6.07, 6.45) is 0.810. The second kappa shape index (κ2) is 12.2. The molecule has 3 rings (SSSR count). The smallest absolute Gasteiger partial charge is 0.191 e. The molecule has 168 valence electrons. The number of ether oxygens (including phenoxy) is 2. The van der Waals surface area contributed by atoms with Crippen LogP contribution in [0.4, 0.5) is 0 Å². The molecule has 0 bridgehead atoms. The Bertz CT molecular complexity index is 820. The van der Waals surface area contributed by atoms with Crippen LogP contribution in [0.1, 0.15) is 24.1 Å². The molecule has 0 radical (unpaired) electrons. The zero-order chi connectivity index (χ0) is 21.9. The Morgan fingerprint density at radius 3 is 2.61 bits per heavy atom.